The normalized spacial score (nSPS) is 11.6. The molecule has 0 spiro atoms. The van der Waals surface area contributed by atoms with Gasteiger partial charge in [-0.1, -0.05) is 42.2 Å². The van der Waals surface area contributed by atoms with Crippen molar-refractivity contribution in [2.75, 3.05) is 13.7 Å². The van der Waals surface area contributed by atoms with Gasteiger partial charge in [0.2, 0.25) is 0 Å². The van der Waals surface area contributed by atoms with Crippen molar-refractivity contribution in [3.63, 3.8) is 0 Å². The Morgan fingerprint density at radius 3 is 2.58 bits per heavy atom. The van der Waals surface area contributed by atoms with Crippen molar-refractivity contribution in [3.8, 4) is 23.3 Å². The number of carbonyl (C=O) groups excluding carboxylic acids is 1. The van der Waals surface area contributed by atoms with Crippen LogP contribution in [0.1, 0.15) is 40.9 Å². The zero-order chi connectivity index (χ0) is 25.5. The Hall–Kier alpha value is -4.21. The van der Waals surface area contributed by atoms with Crippen LogP contribution in [0.5, 0.6) is 11.5 Å². The van der Waals surface area contributed by atoms with Crippen molar-refractivity contribution in [2.45, 2.75) is 32.4 Å². The Morgan fingerprint density at radius 1 is 1.03 bits per heavy atom. The largest absolute Gasteiger partial charge is 0.495 e. The summed E-state index contributed by atoms with van der Waals surface area (Å²) in [7, 11) is 1.61. The number of aromatic nitrogens is 1. The van der Waals surface area contributed by atoms with Crippen LogP contribution in [0.2, 0.25) is 0 Å². The number of methoxy groups -OCH3 is 1. The van der Waals surface area contributed by atoms with Gasteiger partial charge in [-0.3, -0.25) is 4.79 Å². The molecule has 0 aliphatic carbocycles. The summed E-state index contributed by atoms with van der Waals surface area (Å²) in [5, 5.41) is 14.1. The number of aliphatic hydroxyl groups is 1. The highest BCUT2D eigenvalue weighted by molar-refractivity contribution is 5.97. The first-order valence-electron chi connectivity index (χ1n) is 11.9. The van der Waals surface area contributed by atoms with Crippen molar-refractivity contribution >= 4 is 16.8 Å². The Balaban J connectivity index is 1.59. The van der Waals surface area contributed by atoms with Crippen LogP contribution in [0, 0.1) is 11.8 Å². The van der Waals surface area contributed by atoms with E-state index in [0.29, 0.717) is 29.0 Å². The van der Waals surface area contributed by atoms with E-state index in [1.807, 2.05) is 74.6 Å². The van der Waals surface area contributed by atoms with Gasteiger partial charge in [0, 0.05) is 22.7 Å². The number of aliphatic hydroxyl groups excluding tert-OH is 1. The number of amides is 1. The predicted octanol–water partition coefficient (Wildman–Crippen LogP) is 4.70. The Bertz CT molecular complexity index is 1410. The predicted molar refractivity (Wildman–Crippen MR) is 142 cm³/mol. The molecule has 6 heteroatoms. The lowest BCUT2D eigenvalue weighted by Gasteiger charge is -2.19. The molecule has 36 heavy (non-hydrogen) atoms. The lowest BCUT2D eigenvalue weighted by molar-refractivity contribution is 0.0910. The second-order valence-electron chi connectivity index (χ2n) is 8.74. The number of fused-ring (bicyclic) bond motifs is 1. The van der Waals surface area contributed by atoms with Crippen molar-refractivity contribution in [1.82, 2.24) is 10.3 Å². The number of aromatic amines is 1. The highest BCUT2D eigenvalue weighted by atomic mass is 16.5. The second-order valence-corrected chi connectivity index (χ2v) is 8.74. The summed E-state index contributed by atoms with van der Waals surface area (Å²) in [6.07, 6.45) is 2.29. The number of benzene rings is 3. The quantitative estimate of drug-likeness (QED) is 0.318. The second kappa shape index (κ2) is 11.5. The van der Waals surface area contributed by atoms with E-state index in [9.17, 15) is 9.90 Å². The summed E-state index contributed by atoms with van der Waals surface area (Å²) < 4.78 is 11.3. The molecule has 184 valence electrons. The summed E-state index contributed by atoms with van der Waals surface area (Å²) in [6.45, 7) is 3.62. The first-order valence-corrected chi connectivity index (χ1v) is 11.9. The van der Waals surface area contributed by atoms with Gasteiger partial charge in [0.15, 0.2) is 0 Å². The van der Waals surface area contributed by atoms with E-state index in [-0.39, 0.29) is 18.6 Å². The van der Waals surface area contributed by atoms with Crippen LogP contribution in [-0.4, -0.2) is 41.9 Å². The average molecular weight is 483 g/mol. The molecule has 0 bridgehead atoms. The van der Waals surface area contributed by atoms with Gasteiger partial charge in [-0.15, -0.1) is 0 Å². The van der Waals surface area contributed by atoms with E-state index in [2.05, 4.69) is 22.1 Å². The highest BCUT2D eigenvalue weighted by Crippen LogP contribution is 2.23. The molecule has 4 aromatic rings. The summed E-state index contributed by atoms with van der Waals surface area (Å²) in [4.78, 5) is 16.6. The van der Waals surface area contributed by atoms with E-state index >= 15 is 0 Å². The molecule has 0 radical (unpaired) electrons. The van der Waals surface area contributed by atoms with Crippen LogP contribution in [0.25, 0.3) is 10.9 Å². The lowest BCUT2D eigenvalue weighted by atomic mass is 10.0. The van der Waals surface area contributed by atoms with E-state index in [1.54, 1.807) is 19.2 Å². The molecule has 6 nitrogen and oxygen atoms in total. The van der Waals surface area contributed by atoms with Gasteiger partial charge >= 0.3 is 0 Å². The van der Waals surface area contributed by atoms with Crippen LogP contribution >= 0.6 is 0 Å². The van der Waals surface area contributed by atoms with Crippen molar-refractivity contribution in [1.29, 1.82) is 0 Å². The summed E-state index contributed by atoms with van der Waals surface area (Å²) in [6, 6.07) is 20.3. The van der Waals surface area contributed by atoms with Gasteiger partial charge < -0.3 is 24.9 Å². The number of rotatable bonds is 8. The van der Waals surface area contributed by atoms with Crippen LogP contribution in [-0.2, 0) is 6.42 Å². The Kier molecular flexibility index (Phi) is 7.94. The van der Waals surface area contributed by atoms with E-state index < -0.39 is 6.04 Å². The number of para-hydroxylation sites is 2. The summed E-state index contributed by atoms with van der Waals surface area (Å²) >= 11 is 0. The van der Waals surface area contributed by atoms with Crippen molar-refractivity contribution in [2.24, 2.45) is 0 Å². The molecule has 4 rings (SSSR count). The lowest BCUT2D eigenvalue weighted by Crippen LogP contribution is -2.39. The fraction of sp³-hybridized carbons (Fsp3) is 0.233. The first-order chi connectivity index (χ1) is 17.5. The molecule has 0 saturated heterocycles. The Labute approximate surface area is 211 Å². The van der Waals surface area contributed by atoms with Crippen LogP contribution in [0.15, 0.2) is 72.9 Å². The van der Waals surface area contributed by atoms with Crippen LogP contribution in [0.4, 0.5) is 0 Å². The van der Waals surface area contributed by atoms with Gasteiger partial charge in [-0.05, 0) is 62.2 Å². The molecule has 1 atom stereocenters. The minimum Gasteiger partial charge on any atom is -0.495 e. The van der Waals surface area contributed by atoms with Gasteiger partial charge in [-0.2, -0.15) is 0 Å². The number of carbonyl (C=O) groups is 1. The SMILES string of the molecule is COc1ccccc1C#Cc1ccc(OC(C)C)c(C(=O)N[C@H](CO)Cc2c[nH]c3ccccc23)c1. The number of hydrogen-bond acceptors (Lipinski definition) is 4. The molecule has 3 aromatic carbocycles. The molecule has 0 aliphatic heterocycles. The maximum atomic E-state index is 13.4. The number of ether oxygens (including phenoxy) is 2. The molecule has 1 heterocycles. The molecule has 0 aliphatic rings. The average Bonchev–Trinajstić information content (AvgIpc) is 3.30. The Morgan fingerprint density at radius 2 is 1.81 bits per heavy atom. The molecular formula is C30H30N2O4. The van der Waals surface area contributed by atoms with Crippen LogP contribution < -0.4 is 14.8 Å². The molecule has 1 amide bonds. The maximum absolute atomic E-state index is 13.4. The van der Waals surface area contributed by atoms with E-state index in [4.69, 9.17) is 9.47 Å². The smallest absolute Gasteiger partial charge is 0.255 e. The minimum atomic E-state index is -0.466. The third-order valence-corrected chi connectivity index (χ3v) is 5.73. The molecule has 3 N–H and O–H groups in total. The van der Waals surface area contributed by atoms with Gasteiger partial charge in [0.1, 0.15) is 11.5 Å². The minimum absolute atomic E-state index is 0.109. The number of hydrogen-bond donors (Lipinski definition) is 3. The third-order valence-electron chi connectivity index (χ3n) is 5.73. The fourth-order valence-electron chi connectivity index (χ4n) is 4.02. The van der Waals surface area contributed by atoms with Crippen molar-refractivity contribution < 1.29 is 19.4 Å². The zero-order valence-electron chi connectivity index (χ0n) is 20.7. The highest BCUT2D eigenvalue weighted by Gasteiger charge is 2.19. The van der Waals surface area contributed by atoms with Gasteiger partial charge in [0.25, 0.3) is 5.91 Å². The molecular weight excluding hydrogens is 452 g/mol. The van der Waals surface area contributed by atoms with Gasteiger partial charge in [-0.25, -0.2) is 0 Å². The van der Waals surface area contributed by atoms with Gasteiger partial charge in [0.05, 0.1) is 37.0 Å². The monoisotopic (exact) mass is 482 g/mol. The number of nitrogens with one attached hydrogen (secondary N) is 2. The zero-order valence-corrected chi connectivity index (χ0v) is 20.7. The summed E-state index contributed by atoms with van der Waals surface area (Å²) in [5.74, 6) is 7.06. The van der Waals surface area contributed by atoms with E-state index in [1.165, 1.54) is 0 Å². The van der Waals surface area contributed by atoms with E-state index in [0.717, 1.165) is 22.0 Å². The topological polar surface area (TPSA) is 83.6 Å². The number of H-pyrrole nitrogens is 1. The molecule has 0 saturated carbocycles. The molecule has 1 aromatic heterocycles. The summed E-state index contributed by atoms with van der Waals surface area (Å²) in [5.41, 5.74) is 3.84. The molecule has 0 fully saturated rings. The standard InChI is InChI=1S/C30H30N2O4/c1-20(2)36-29-15-13-21(12-14-22-8-4-7-11-28(22)35-3)16-26(29)30(34)32-24(19-33)17-23-18-31-27-10-6-5-9-25(23)27/h4-11,13,15-16,18,20,24,31,33H,17,19H2,1-3H3,(H,32,34)/t24-/m0/s1. The first kappa shape index (κ1) is 24.9. The fourth-order valence-corrected chi connectivity index (χ4v) is 4.02. The maximum Gasteiger partial charge on any atom is 0.255 e. The van der Waals surface area contributed by atoms with Crippen molar-refractivity contribution in [3.05, 3.63) is 95.2 Å². The van der Waals surface area contributed by atoms with Crippen LogP contribution in [0.3, 0.4) is 0 Å². The third kappa shape index (κ3) is 5.88. The molecule has 0 unspecified atom stereocenters.